The molecule has 0 unspecified atom stereocenters. The van der Waals surface area contributed by atoms with Crippen LogP contribution < -0.4 is 5.32 Å². The number of furan rings is 1. The van der Waals surface area contributed by atoms with Crippen molar-refractivity contribution in [1.29, 1.82) is 0 Å². The predicted octanol–water partition coefficient (Wildman–Crippen LogP) is 5.27. The number of benzene rings is 2. The van der Waals surface area contributed by atoms with Crippen molar-refractivity contribution in [2.45, 2.75) is 13.0 Å². The van der Waals surface area contributed by atoms with Crippen LogP contribution in [0.15, 0.2) is 65.1 Å². The Balaban J connectivity index is 1.28. The molecule has 1 N–H and O–H groups in total. The number of fused-ring (bicyclic) bond motifs is 2. The van der Waals surface area contributed by atoms with Crippen LogP contribution >= 0.6 is 11.3 Å². The number of hydrogen-bond donors (Lipinski definition) is 1. The first-order chi connectivity index (χ1) is 15.1. The van der Waals surface area contributed by atoms with Crippen LogP contribution in [0.25, 0.3) is 32.0 Å². The Morgan fingerprint density at radius 1 is 1.03 bits per heavy atom. The highest BCUT2D eigenvalue weighted by atomic mass is 32.1. The predicted molar refractivity (Wildman–Crippen MR) is 114 cm³/mol. The molecule has 156 valence electrons. The first kappa shape index (κ1) is 19.4. The van der Waals surface area contributed by atoms with E-state index in [0.717, 1.165) is 14.8 Å². The van der Waals surface area contributed by atoms with E-state index < -0.39 is 12.5 Å². The summed E-state index contributed by atoms with van der Waals surface area (Å²) in [5.74, 6) is 0.431. The van der Waals surface area contributed by atoms with E-state index in [9.17, 15) is 13.6 Å². The zero-order valence-electron chi connectivity index (χ0n) is 16.1. The van der Waals surface area contributed by atoms with E-state index in [2.05, 4.69) is 15.3 Å². The van der Waals surface area contributed by atoms with Gasteiger partial charge in [0, 0.05) is 13.0 Å². The van der Waals surface area contributed by atoms with Crippen molar-refractivity contribution >= 4 is 38.5 Å². The van der Waals surface area contributed by atoms with Crippen molar-refractivity contribution in [2.24, 2.45) is 0 Å². The fourth-order valence-corrected chi connectivity index (χ4v) is 4.34. The smallest absolute Gasteiger partial charge is 0.320 e. The maximum absolute atomic E-state index is 13.5. The minimum absolute atomic E-state index is 0.136. The number of rotatable bonds is 6. The summed E-state index contributed by atoms with van der Waals surface area (Å²) in [5.41, 5.74) is 1.73. The van der Waals surface area contributed by atoms with Crippen LogP contribution in [0.2, 0.25) is 0 Å². The molecule has 31 heavy (non-hydrogen) atoms. The van der Waals surface area contributed by atoms with Crippen molar-refractivity contribution in [2.75, 3.05) is 6.54 Å². The SMILES string of the molecule is O=C(NCCc1nc2ccccc2n1C(F)F)c1ccc(-c2nc3ccccc3s2)o1. The van der Waals surface area contributed by atoms with Gasteiger partial charge in [0.2, 0.25) is 0 Å². The summed E-state index contributed by atoms with van der Waals surface area (Å²) in [5, 5.41) is 3.39. The average molecular weight is 438 g/mol. The minimum Gasteiger partial charge on any atom is -0.448 e. The summed E-state index contributed by atoms with van der Waals surface area (Å²) in [4.78, 5) is 21.2. The van der Waals surface area contributed by atoms with Gasteiger partial charge >= 0.3 is 6.55 Å². The van der Waals surface area contributed by atoms with Gasteiger partial charge in [-0.2, -0.15) is 8.78 Å². The average Bonchev–Trinajstić information content (AvgIpc) is 3.49. The molecule has 0 aliphatic heterocycles. The Labute approximate surface area is 179 Å². The highest BCUT2D eigenvalue weighted by molar-refractivity contribution is 7.21. The van der Waals surface area contributed by atoms with Gasteiger partial charge in [0.15, 0.2) is 16.5 Å². The van der Waals surface area contributed by atoms with E-state index in [0.29, 0.717) is 21.8 Å². The Morgan fingerprint density at radius 2 is 1.81 bits per heavy atom. The summed E-state index contributed by atoms with van der Waals surface area (Å²) in [6.07, 6.45) is 0.163. The van der Waals surface area contributed by atoms with Crippen molar-refractivity contribution in [3.63, 3.8) is 0 Å². The third-order valence-electron chi connectivity index (χ3n) is 4.83. The number of alkyl halides is 2. The molecule has 1 amide bonds. The topological polar surface area (TPSA) is 73.0 Å². The number of carbonyl (C=O) groups is 1. The molecule has 0 saturated carbocycles. The Hall–Kier alpha value is -3.59. The molecule has 9 heteroatoms. The second-order valence-corrected chi connectivity index (χ2v) is 7.85. The molecule has 0 saturated heterocycles. The van der Waals surface area contributed by atoms with Gasteiger partial charge in [0.25, 0.3) is 5.91 Å². The number of imidazole rings is 1. The zero-order valence-corrected chi connectivity index (χ0v) is 16.9. The Morgan fingerprint density at radius 3 is 2.61 bits per heavy atom. The van der Waals surface area contributed by atoms with E-state index in [1.54, 1.807) is 36.4 Å². The van der Waals surface area contributed by atoms with E-state index in [1.807, 2.05) is 24.3 Å². The van der Waals surface area contributed by atoms with Gasteiger partial charge in [-0.3, -0.25) is 9.36 Å². The van der Waals surface area contributed by atoms with Crippen LogP contribution in [0.5, 0.6) is 0 Å². The van der Waals surface area contributed by atoms with Gasteiger partial charge < -0.3 is 9.73 Å². The quantitative estimate of drug-likeness (QED) is 0.392. The number of aromatic nitrogens is 3. The molecule has 0 radical (unpaired) electrons. The first-order valence-corrected chi connectivity index (χ1v) is 10.4. The van der Waals surface area contributed by atoms with Gasteiger partial charge in [0.05, 0.1) is 21.3 Å². The zero-order chi connectivity index (χ0) is 21.4. The number of carbonyl (C=O) groups excluding carboxylic acids is 1. The molecule has 0 aliphatic rings. The number of nitrogens with zero attached hydrogens (tertiary/aromatic N) is 3. The molecule has 0 bridgehead atoms. The van der Waals surface area contributed by atoms with E-state index in [1.165, 1.54) is 11.3 Å². The first-order valence-electron chi connectivity index (χ1n) is 9.58. The summed E-state index contributed by atoms with van der Waals surface area (Å²) < 4.78 is 34.6. The fourth-order valence-electron chi connectivity index (χ4n) is 3.42. The number of para-hydroxylation sites is 3. The summed E-state index contributed by atoms with van der Waals surface area (Å²) >= 11 is 1.48. The molecule has 0 fully saturated rings. The highest BCUT2D eigenvalue weighted by Crippen LogP contribution is 2.31. The van der Waals surface area contributed by atoms with E-state index in [4.69, 9.17) is 4.42 Å². The molecule has 6 nitrogen and oxygen atoms in total. The van der Waals surface area contributed by atoms with Crippen LogP contribution in [0.1, 0.15) is 22.9 Å². The molecule has 0 atom stereocenters. The molecular weight excluding hydrogens is 422 g/mol. The summed E-state index contributed by atoms with van der Waals surface area (Å²) in [6, 6.07) is 17.7. The number of amides is 1. The Bertz CT molecular complexity index is 1360. The second-order valence-electron chi connectivity index (χ2n) is 6.82. The largest absolute Gasteiger partial charge is 0.448 e. The lowest BCUT2D eigenvalue weighted by atomic mass is 10.3. The lowest BCUT2D eigenvalue weighted by molar-refractivity contribution is 0.0715. The van der Waals surface area contributed by atoms with Crippen LogP contribution in [-0.2, 0) is 6.42 Å². The van der Waals surface area contributed by atoms with Gasteiger partial charge in [-0.1, -0.05) is 24.3 Å². The van der Waals surface area contributed by atoms with Gasteiger partial charge in [-0.05, 0) is 36.4 Å². The van der Waals surface area contributed by atoms with Crippen LogP contribution in [0.3, 0.4) is 0 Å². The van der Waals surface area contributed by atoms with Crippen LogP contribution in [-0.4, -0.2) is 27.0 Å². The third-order valence-corrected chi connectivity index (χ3v) is 5.88. The lowest BCUT2D eigenvalue weighted by Crippen LogP contribution is -2.26. The second kappa shape index (κ2) is 7.92. The molecule has 5 rings (SSSR count). The number of hydrogen-bond acceptors (Lipinski definition) is 5. The maximum Gasteiger partial charge on any atom is 0.320 e. The number of thiazole rings is 1. The van der Waals surface area contributed by atoms with E-state index in [-0.39, 0.29) is 24.6 Å². The monoisotopic (exact) mass is 438 g/mol. The third kappa shape index (κ3) is 3.68. The molecule has 3 heterocycles. The fraction of sp³-hybridized carbons (Fsp3) is 0.136. The van der Waals surface area contributed by atoms with Gasteiger partial charge in [-0.25, -0.2) is 9.97 Å². The Kier molecular flexibility index (Phi) is 4.95. The maximum atomic E-state index is 13.5. The molecule has 2 aromatic carbocycles. The summed E-state index contributed by atoms with van der Waals surface area (Å²) in [7, 11) is 0. The summed E-state index contributed by atoms with van der Waals surface area (Å²) in [6.45, 7) is -2.56. The number of nitrogens with one attached hydrogen (secondary N) is 1. The van der Waals surface area contributed by atoms with Crippen molar-refractivity contribution in [3.8, 4) is 10.8 Å². The standard InChI is InChI=1S/C22H16F2N4O2S/c23-22(24)28-15-7-3-1-5-13(15)26-19(28)11-12-25-20(29)16-9-10-17(30-16)21-27-14-6-2-4-8-18(14)31-21/h1-10,22H,11-12H2,(H,25,29). The lowest BCUT2D eigenvalue weighted by Gasteiger charge is -2.08. The van der Waals surface area contributed by atoms with Crippen LogP contribution in [0.4, 0.5) is 8.78 Å². The van der Waals surface area contributed by atoms with Crippen molar-refractivity contribution in [1.82, 2.24) is 19.9 Å². The number of halogens is 2. The van der Waals surface area contributed by atoms with Crippen LogP contribution in [0, 0.1) is 0 Å². The van der Waals surface area contributed by atoms with Gasteiger partial charge in [0.1, 0.15) is 5.82 Å². The molecule has 5 aromatic rings. The highest BCUT2D eigenvalue weighted by Gasteiger charge is 2.18. The van der Waals surface area contributed by atoms with Crippen molar-refractivity contribution < 1.29 is 18.0 Å². The molecular formula is C22H16F2N4O2S. The minimum atomic E-state index is -2.71. The molecule has 3 aromatic heterocycles. The van der Waals surface area contributed by atoms with E-state index >= 15 is 0 Å². The van der Waals surface area contributed by atoms with Crippen molar-refractivity contribution in [3.05, 3.63) is 72.2 Å². The normalized spacial score (nSPS) is 11.6. The van der Waals surface area contributed by atoms with Gasteiger partial charge in [-0.15, -0.1) is 11.3 Å². The molecule has 0 spiro atoms. The molecule has 0 aliphatic carbocycles.